The Bertz CT molecular complexity index is 416. The van der Waals surface area contributed by atoms with E-state index in [2.05, 4.69) is 4.98 Å². The van der Waals surface area contributed by atoms with Gasteiger partial charge in [-0.2, -0.15) is 0 Å². The number of nitrogens with zero attached hydrogens (tertiary/aromatic N) is 1. The summed E-state index contributed by atoms with van der Waals surface area (Å²) in [6.45, 7) is 0.773. The van der Waals surface area contributed by atoms with Gasteiger partial charge >= 0.3 is 5.97 Å². The number of pyridine rings is 1. The van der Waals surface area contributed by atoms with Crippen LogP contribution in [0.2, 0.25) is 0 Å². The Kier molecular flexibility index (Phi) is 3.38. The topological polar surface area (TPSA) is 59.4 Å². The molecule has 1 aliphatic rings. The number of carboxylic acid groups (broad SMARTS) is 1. The summed E-state index contributed by atoms with van der Waals surface area (Å²) in [5, 5.41) is 9.33. The molecule has 1 aliphatic heterocycles. The highest BCUT2D eigenvalue weighted by molar-refractivity contribution is 5.75. The van der Waals surface area contributed by atoms with E-state index in [0.29, 0.717) is 18.6 Å². The van der Waals surface area contributed by atoms with Crippen molar-refractivity contribution in [1.29, 1.82) is 0 Å². The van der Waals surface area contributed by atoms with E-state index in [4.69, 9.17) is 4.74 Å². The molecule has 0 amide bonds. The first-order valence-corrected chi connectivity index (χ1v) is 5.53. The number of hydrogen-bond donors (Lipinski definition) is 1. The van der Waals surface area contributed by atoms with Crippen LogP contribution in [0.1, 0.15) is 18.4 Å². The highest BCUT2D eigenvalue weighted by Gasteiger charge is 2.40. The van der Waals surface area contributed by atoms with Crippen LogP contribution in [0.25, 0.3) is 0 Å². The summed E-state index contributed by atoms with van der Waals surface area (Å²) >= 11 is 0. The van der Waals surface area contributed by atoms with Crippen LogP contribution in [0.4, 0.5) is 4.39 Å². The molecule has 1 unspecified atom stereocenters. The first-order chi connectivity index (χ1) is 8.12. The van der Waals surface area contributed by atoms with Crippen LogP contribution >= 0.6 is 0 Å². The van der Waals surface area contributed by atoms with Crippen LogP contribution < -0.4 is 0 Å². The third kappa shape index (κ3) is 2.61. The second-order valence-electron chi connectivity index (χ2n) is 4.43. The molecule has 1 atom stereocenters. The number of carbonyl (C=O) groups is 1. The molecule has 0 spiro atoms. The molecule has 2 rings (SSSR count). The minimum Gasteiger partial charge on any atom is -0.481 e. The third-order valence-corrected chi connectivity index (χ3v) is 3.08. The molecule has 0 saturated carbocycles. The summed E-state index contributed by atoms with van der Waals surface area (Å²) in [4.78, 5) is 15.1. The highest BCUT2D eigenvalue weighted by atomic mass is 19.1. The van der Waals surface area contributed by atoms with E-state index in [0.717, 1.165) is 12.6 Å². The zero-order valence-corrected chi connectivity index (χ0v) is 9.36. The van der Waals surface area contributed by atoms with Crippen LogP contribution in [0.15, 0.2) is 18.5 Å². The lowest BCUT2D eigenvalue weighted by molar-refractivity contribution is -0.157. The molecule has 0 radical (unpaired) electrons. The summed E-state index contributed by atoms with van der Waals surface area (Å²) in [6, 6.07) is 1.33. The Morgan fingerprint density at radius 2 is 2.41 bits per heavy atom. The van der Waals surface area contributed by atoms with Gasteiger partial charge in [-0.15, -0.1) is 0 Å². The second kappa shape index (κ2) is 4.79. The smallest absolute Gasteiger partial charge is 0.312 e. The SMILES string of the molecule is O=C(O)C1(Cc2cncc(F)c2)CCCOC1. The van der Waals surface area contributed by atoms with Crippen molar-refractivity contribution in [3.63, 3.8) is 0 Å². The average molecular weight is 239 g/mol. The molecular weight excluding hydrogens is 225 g/mol. The van der Waals surface area contributed by atoms with E-state index in [1.54, 1.807) is 0 Å². The van der Waals surface area contributed by atoms with Gasteiger partial charge in [0, 0.05) is 12.8 Å². The number of carboxylic acids is 1. The lowest BCUT2D eigenvalue weighted by Gasteiger charge is -2.32. The Morgan fingerprint density at radius 1 is 1.59 bits per heavy atom. The molecule has 17 heavy (non-hydrogen) atoms. The number of rotatable bonds is 3. The van der Waals surface area contributed by atoms with E-state index in [9.17, 15) is 14.3 Å². The van der Waals surface area contributed by atoms with Crippen LogP contribution in [-0.2, 0) is 16.0 Å². The molecular formula is C12H14FNO3. The maximum absolute atomic E-state index is 13.0. The van der Waals surface area contributed by atoms with Crippen LogP contribution in [0.5, 0.6) is 0 Å². The Hall–Kier alpha value is -1.49. The molecule has 1 fully saturated rings. The van der Waals surface area contributed by atoms with Gasteiger partial charge < -0.3 is 9.84 Å². The first kappa shape index (κ1) is 12.0. The lowest BCUT2D eigenvalue weighted by atomic mass is 9.77. The lowest BCUT2D eigenvalue weighted by Crippen LogP contribution is -2.41. The van der Waals surface area contributed by atoms with Gasteiger partial charge in [-0.3, -0.25) is 9.78 Å². The molecule has 1 N–H and O–H groups in total. The number of ether oxygens (including phenoxy) is 1. The Labute approximate surface area is 98.4 Å². The highest BCUT2D eigenvalue weighted by Crippen LogP contribution is 2.32. The third-order valence-electron chi connectivity index (χ3n) is 3.08. The largest absolute Gasteiger partial charge is 0.481 e. The van der Waals surface area contributed by atoms with Gasteiger partial charge in [0.1, 0.15) is 5.82 Å². The number of halogens is 1. The summed E-state index contributed by atoms with van der Waals surface area (Å²) in [6.07, 6.45) is 4.14. The maximum Gasteiger partial charge on any atom is 0.312 e. The molecule has 0 aliphatic carbocycles. The molecule has 0 aromatic carbocycles. The van der Waals surface area contributed by atoms with Crippen LogP contribution in [0.3, 0.4) is 0 Å². The minimum atomic E-state index is -0.937. The van der Waals surface area contributed by atoms with E-state index in [-0.39, 0.29) is 13.0 Å². The number of aliphatic carboxylic acids is 1. The summed E-state index contributed by atoms with van der Waals surface area (Å²) in [7, 11) is 0. The Morgan fingerprint density at radius 3 is 3.00 bits per heavy atom. The summed E-state index contributed by atoms with van der Waals surface area (Å²) in [5.41, 5.74) is -0.342. The molecule has 1 aromatic heterocycles. The van der Waals surface area contributed by atoms with Gasteiger partial charge in [0.15, 0.2) is 0 Å². The zero-order chi connectivity index (χ0) is 12.3. The van der Waals surface area contributed by atoms with E-state index in [1.165, 1.54) is 12.3 Å². The number of aromatic nitrogens is 1. The average Bonchev–Trinajstić information content (AvgIpc) is 2.30. The van der Waals surface area contributed by atoms with Gasteiger partial charge in [0.25, 0.3) is 0 Å². The normalized spacial score (nSPS) is 24.5. The van der Waals surface area contributed by atoms with Gasteiger partial charge in [-0.1, -0.05) is 0 Å². The molecule has 2 heterocycles. The van der Waals surface area contributed by atoms with E-state index >= 15 is 0 Å². The predicted octanol–water partition coefficient (Wildman–Crippen LogP) is 1.64. The first-order valence-electron chi connectivity index (χ1n) is 5.53. The molecule has 0 bridgehead atoms. The fourth-order valence-electron chi connectivity index (χ4n) is 2.18. The molecule has 1 saturated heterocycles. The minimum absolute atomic E-state index is 0.179. The quantitative estimate of drug-likeness (QED) is 0.871. The standard InChI is InChI=1S/C12H14FNO3/c13-10-4-9(6-14-7-10)5-12(11(15)16)2-1-3-17-8-12/h4,6-7H,1-3,5,8H2,(H,15,16). The van der Waals surface area contributed by atoms with Crippen molar-refractivity contribution in [2.75, 3.05) is 13.2 Å². The van der Waals surface area contributed by atoms with Gasteiger partial charge in [-0.05, 0) is 30.9 Å². The van der Waals surface area contributed by atoms with E-state index in [1.807, 2.05) is 0 Å². The number of hydrogen-bond acceptors (Lipinski definition) is 3. The van der Waals surface area contributed by atoms with Crippen molar-refractivity contribution in [1.82, 2.24) is 4.98 Å². The molecule has 92 valence electrons. The van der Waals surface area contributed by atoms with Crippen LogP contribution in [-0.4, -0.2) is 29.3 Å². The predicted molar refractivity (Wildman–Crippen MR) is 58.0 cm³/mol. The molecule has 1 aromatic rings. The van der Waals surface area contributed by atoms with Crippen molar-refractivity contribution in [2.24, 2.45) is 5.41 Å². The van der Waals surface area contributed by atoms with Gasteiger partial charge in [0.2, 0.25) is 0 Å². The van der Waals surface area contributed by atoms with Crippen molar-refractivity contribution >= 4 is 5.97 Å². The zero-order valence-electron chi connectivity index (χ0n) is 9.36. The fraction of sp³-hybridized carbons (Fsp3) is 0.500. The van der Waals surface area contributed by atoms with Crippen molar-refractivity contribution in [2.45, 2.75) is 19.3 Å². The summed E-state index contributed by atoms with van der Waals surface area (Å²) < 4.78 is 18.3. The second-order valence-corrected chi connectivity index (χ2v) is 4.43. The van der Waals surface area contributed by atoms with E-state index < -0.39 is 17.2 Å². The van der Waals surface area contributed by atoms with Crippen molar-refractivity contribution in [3.05, 3.63) is 29.8 Å². The fourth-order valence-corrected chi connectivity index (χ4v) is 2.18. The molecule has 4 nitrogen and oxygen atoms in total. The van der Waals surface area contributed by atoms with Crippen molar-refractivity contribution < 1.29 is 19.0 Å². The van der Waals surface area contributed by atoms with Gasteiger partial charge in [-0.25, -0.2) is 4.39 Å². The Balaban J connectivity index is 2.20. The van der Waals surface area contributed by atoms with Gasteiger partial charge in [0.05, 0.1) is 18.2 Å². The van der Waals surface area contributed by atoms with Crippen molar-refractivity contribution in [3.8, 4) is 0 Å². The monoisotopic (exact) mass is 239 g/mol. The maximum atomic E-state index is 13.0. The van der Waals surface area contributed by atoms with Crippen LogP contribution in [0, 0.1) is 11.2 Å². The summed E-state index contributed by atoms with van der Waals surface area (Å²) in [5.74, 6) is -1.33. The molecule has 5 heteroatoms.